The first-order valence-electron chi connectivity index (χ1n) is 4.41. The van der Waals surface area contributed by atoms with Crippen LogP contribution in [0, 0.1) is 0 Å². The summed E-state index contributed by atoms with van der Waals surface area (Å²) in [6, 6.07) is 1.08. The van der Waals surface area contributed by atoms with E-state index in [1.807, 2.05) is 13.0 Å². The summed E-state index contributed by atoms with van der Waals surface area (Å²) < 4.78 is 0. The van der Waals surface area contributed by atoms with Crippen LogP contribution in [0.1, 0.15) is 34.6 Å². The molecule has 0 aliphatic carbocycles. The molecule has 0 aliphatic rings. The molecule has 0 saturated heterocycles. The highest BCUT2D eigenvalue weighted by molar-refractivity contribution is 7.80. The molecule has 0 saturated carbocycles. The summed E-state index contributed by atoms with van der Waals surface area (Å²) >= 11 is 4.97. The van der Waals surface area contributed by atoms with Crippen molar-refractivity contribution in [2.75, 3.05) is 0 Å². The van der Waals surface area contributed by atoms with Crippen LogP contribution in [0.2, 0.25) is 0 Å². The molecule has 0 radical (unpaired) electrons. The summed E-state index contributed by atoms with van der Waals surface area (Å²) in [6.45, 7) is 10.7. The minimum atomic E-state index is 0.538. The van der Waals surface area contributed by atoms with Crippen LogP contribution >= 0.6 is 12.2 Å². The topological polar surface area (TPSA) is 3.24 Å². The Morgan fingerprint density at radius 2 is 1.58 bits per heavy atom. The Hall–Kier alpha value is -0.370. The molecule has 0 atom stereocenters. The Labute approximate surface area is 81.5 Å². The van der Waals surface area contributed by atoms with Gasteiger partial charge in [-0.1, -0.05) is 12.2 Å². The van der Waals surface area contributed by atoms with Crippen molar-refractivity contribution < 1.29 is 0 Å². The van der Waals surface area contributed by atoms with Gasteiger partial charge in [-0.15, -0.1) is 0 Å². The van der Waals surface area contributed by atoms with Crippen LogP contribution in [0.5, 0.6) is 0 Å². The predicted molar refractivity (Wildman–Crippen MR) is 59.5 cm³/mol. The molecule has 12 heavy (non-hydrogen) atoms. The fraction of sp³-hybridized carbons (Fsp3) is 0.700. The Morgan fingerprint density at radius 3 is 1.83 bits per heavy atom. The number of hydrogen-bond acceptors (Lipinski definition) is 2. The van der Waals surface area contributed by atoms with Gasteiger partial charge in [-0.3, -0.25) is 0 Å². The first-order valence-corrected chi connectivity index (χ1v) is 4.82. The Morgan fingerprint density at radius 1 is 1.17 bits per heavy atom. The second-order valence-corrected chi connectivity index (χ2v) is 4.21. The van der Waals surface area contributed by atoms with E-state index in [1.54, 1.807) is 0 Å². The van der Waals surface area contributed by atoms with Crippen molar-refractivity contribution in [2.45, 2.75) is 46.7 Å². The van der Waals surface area contributed by atoms with Gasteiger partial charge >= 0.3 is 0 Å². The summed E-state index contributed by atoms with van der Waals surface area (Å²) in [6.07, 6.45) is 4.06. The fourth-order valence-electron chi connectivity index (χ4n) is 1.13. The number of thiocarbonyl (C=S) groups is 1. The van der Waals surface area contributed by atoms with Crippen molar-refractivity contribution in [2.24, 2.45) is 0 Å². The van der Waals surface area contributed by atoms with Crippen LogP contribution < -0.4 is 0 Å². The van der Waals surface area contributed by atoms with Gasteiger partial charge in [-0.25, -0.2) is 0 Å². The molecule has 0 fully saturated rings. The number of nitrogens with zero attached hydrogens (tertiary/aromatic N) is 1. The van der Waals surface area contributed by atoms with Gasteiger partial charge in [-0.2, -0.15) is 0 Å². The average molecular weight is 185 g/mol. The van der Waals surface area contributed by atoms with Gasteiger partial charge in [0.05, 0.1) is 0 Å². The summed E-state index contributed by atoms with van der Waals surface area (Å²) in [5.74, 6) is 0. The molecule has 0 N–H and O–H groups in total. The van der Waals surface area contributed by atoms with Gasteiger partial charge < -0.3 is 4.90 Å². The summed E-state index contributed by atoms with van der Waals surface area (Å²) in [4.78, 5) is 3.22. The van der Waals surface area contributed by atoms with Crippen molar-refractivity contribution >= 4 is 17.1 Å². The van der Waals surface area contributed by atoms with Crippen LogP contribution in [0.3, 0.4) is 0 Å². The van der Waals surface area contributed by atoms with Gasteiger partial charge in [0, 0.05) is 23.1 Å². The molecule has 0 spiro atoms. The van der Waals surface area contributed by atoms with Gasteiger partial charge in [0.2, 0.25) is 0 Å². The normalized spacial score (nSPS) is 11.6. The predicted octanol–water partition coefficient (Wildman–Crippen LogP) is 3.01. The van der Waals surface area contributed by atoms with Gasteiger partial charge in [0.15, 0.2) is 0 Å². The lowest BCUT2D eigenvalue weighted by Crippen LogP contribution is -2.31. The Kier molecular flexibility index (Phi) is 5.14. The highest BCUT2D eigenvalue weighted by atomic mass is 32.1. The SMILES string of the molecule is CC(=S)/C=C/N(C(C)C)C(C)C. The summed E-state index contributed by atoms with van der Waals surface area (Å²) in [7, 11) is 0. The minimum Gasteiger partial charge on any atom is -0.373 e. The smallest absolute Gasteiger partial charge is 0.0230 e. The molecular formula is C10H19NS. The standard InChI is InChI=1S/C10H19NS/c1-8(2)11(9(3)4)7-6-10(5)12/h6-9H,1-5H3/b7-6+. The molecule has 70 valence electrons. The largest absolute Gasteiger partial charge is 0.373 e. The van der Waals surface area contributed by atoms with Gasteiger partial charge in [-0.05, 0) is 40.7 Å². The number of allylic oxidation sites excluding steroid dienone is 1. The molecule has 0 bridgehead atoms. The van der Waals surface area contributed by atoms with Crippen LogP contribution in [-0.4, -0.2) is 21.8 Å². The maximum Gasteiger partial charge on any atom is 0.0230 e. The molecule has 1 nitrogen and oxygen atoms in total. The third kappa shape index (κ3) is 4.50. The molecule has 0 aliphatic heterocycles. The van der Waals surface area contributed by atoms with Crippen LogP contribution in [0.4, 0.5) is 0 Å². The van der Waals surface area contributed by atoms with E-state index in [-0.39, 0.29) is 0 Å². The maximum atomic E-state index is 4.97. The Balaban J connectivity index is 4.23. The van der Waals surface area contributed by atoms with Gasteiger partial charge in [0.1, 0.15) is 0 Å². The molecule has 0 unspecified atom stereocenters. The molecule has 0 aromatic rings. The minimum absolute atomic E-state index is 0.538. The van der Waals surface area contributed by atoms with Crippen molar-refractivity contribution in [3.8, 4) is 0 Å². The fourth-order valence-corrected chi connectivity index (χ4v) is 1.19. The van der Waals surface area contributed by atoms with Crippen molar-refractivity contribution in [3.63, 3.8) is 0 Å². The first kappa shape index (κ1) is 11.6. The molecule has 0 rings (SSSR count). The number of hydrogen-bond donors (Lipinski definition) is 0. The monoisotopic (exact) mass is 185 g/mol. The van der Waals surface area contributed by atoms with E-state index in [0.717, 1.165) is 4.86 Å². The highest BCUT2D eigenvalue weighted by Crippen LogP contribution is 2.05. The lowest BCUT2D eigenvalue weighted by Gasteiger charge is -2.29. The van der Waals surface area contributed by atoms with E-state index in [1.165, 1.54) is 0 Å². The Bertz CT molecular complexity index is 163. The molecular weight excluding hydrogens is 166 g/mol. The van der Waals surface area contributed by atoms with E-state index in [0.29, 0.717) is 12.1 Å². The molecule has 2 heteroatoms. The summed E-state index contributed by atoms with van der Waals surface area (Å²) in [5.41, 5.74) is 0. The molecule has 0 heterocycles. The maximum absolute atomic E-state index is 4.97. The third-order valence-corrected chi connectivity index (χ3v) is 1.81. The average Bonchev–Trinajstić information content (AvgIpc) is 1.84. The van der Waals surface area contributed by atoms with Crippen LogP contribution in [0.15, 0.2) is 12.3 Å². The van der Waals surface area contributed by atoms with E-state index < -0.39 is 0 Å². The van der Waals surface area contributed by atoms with E-state index in [4.69, 9.17) is 12.2 Å². The lowest BCUT2D eigenvalue weighted by atomic mass is 10.2. The second-order valence-electron chi connectivity index (χ2n) is 3.56. The van der Waals surface area contributed by atoms with Crippen LogP contribution in [0.25, 0.3) is 0 Å². The van der Waals surface area contributed by atoms with Crippen molar-refractivity contribution in [1.82, 2.24) is 4.90 Å². The first-order chi connectivity index (χ1) is 5.45. The van der Waals surface area contributed by atoms with E-state index in [9.17, 15) is 0 Å². The van der Waals surface area contributed by atoms with Crippen molar-refractivity contribution in [3.05, 3.63) is 12.3 Å². The van der Waals surface area contributed by atoms with E-state index in [2.05, 4.69) is 38.8 Å². The quantitative estimate of drug-likeness (QED) is 0.489. The zero-order valence-corrected chi connectivity index (χ0v) is 9.48. The second kappa shape index (κ2) is 5.31. The lowest BCUT2D eigenvalue weighted by molar-refractivity contribution is 0.256. The zero-order valence-electron chi connectivity index (χ0n) is 8.66. The number of rotatable bonds is 4. The summed E-state index contributed by atoms with van der Waals surface area (Å²) in [5, 5.41) is 0. The zero-order chi connectivity index (χ0) is 9.72. The molecule has 0 amide bonds. The van der Waals surface area contributed by atoms with E-state index >= 15 is 0 Å². The third-order valence-electron chi connectivity index (χ3n) is 1.67. The molecule has 0 aromatic heterocycles. The van der Waals surface area contributed by atoms with Crippen LogP contribution in [-0.2, 0) is 0 Å². The molecule has 0 aromatic carbocycles. The van der Waals surface area contributed by atoms with Crippen molar-refractivity contribution in [1.29, 1.82) is 0 Å². The highest BCUT2D eigenvalue weighted by Gasteiger charge is 2.07. The van der Waals surface area contributed by atoms with Gasteiger partial charge in [0.25, 0.3) is 0 Å².